The number of amides is 1. The van der Waals surface area contributed by atoms with E-state index in [4.69, 9.17) is 15.6 Å². The quantitative estimate of drug-likeness (QED) is 0.635. The van der Waals surface area contributed by atoms with Gasteiger partial charge in [0.1, 0.15) is 0 Å². The van der Waals surface area contributed by atoms with Gasteiger partial charge in [-0.2, -0.15) is 0 Å². The van der Waals surface area contributed by atoms with Crippen molar-refractivity contribution in [3.8, 4) is 0 Å². The number of carbonyl (C=O) groups excluding carboxylic acids is 1. The van der Waals surface area contributed by atoms with Crippen LogP contribution in [0.4, 0.5) is 0 Å². The van der Waals surface area contributed by atoms with Crippen molar-refractivity contribution in [3.63, 3.8) is 0 Å². The minimum Gasteiger partial charge on any atom is -0.396 e. The minimum absolute atomic E-state index is 0.000649. The van der Waals surface area contributed by atoms with Gasteiger partial charge in [0, 0.05) is 32.9 Å². The lowest BCUT2D eigenvalue weighted by molar-refractivity contribution is -0.136. The van der Waals surface area contributed by atoms with Crippen LogP contribution in [0.2, 0.25) is 0 Å². The molecule has 1 rings (SSSR count). The fourth-order valence-electron chi connectivity index (χ4n) is 2.44. The summed E-state index contributed by atoms with van der Waals surface area (Å²) in [5, 5.41) is 11.9. The lowest BCUT2D eigenvalue weighted by atomic mass is 9.79. The number of aliphatic hydroxyl groups is 1. The van der Waals surface area contributed by atoms with E-state index in [0.717, 1.165) is 12.8 Å². The Balaban J connectivity index is 2.48. The first-order valence-corrected chi connectivity index (χ1v) is 7.13. The maximum absolute atomic E-state index is 12.4. The van der Waals surface area contributed by atoms with Gasteiger partial charge in [-0.05, 0) is 31.1 Å². The summed E-state index contributed by atoms with van der Waals surface area (Å²) in [6.45, 7) is 6.61. The lowest BCUT2D eigenvalue weighted by Crippen LogP contribution is -2.50. The van der Waals surface area contributed by atoms with Gasteiger partial charge >= 0.3 is 0 Å². The van der Waals surface area contributed by atoms with Crippen LogP contribution in [0, 0.1) is 10.8 Å². The summed E-state index contributed by atoms with van der Waals surface area (Å²) in [5.74, 6) is 0.0513. The summed E-state index contributed by atoms with van der Waals surface area (Å²) in [7, 11) is 0. The van der Waals surface area contributed by atoms with Crippen LogP contribution in [-0.4, -0.2) is 43.9 Å². The van der Waals surface area contributed by atoms with Crippen LogP contribution in [-0.2, 0) is 9.53 Å². The molecule has 0 radical (unpaired) electrons. The number of ether oxygens (including phenoxy) is 1. The number of nitrogens with two attached hydrogens (primary N) is 1. The fourth-order valence-corrected chi connectivity index (χ4v) is 2.44. The highest BCUT2D eigenvalue weighted by molar-refractivity contribution is 5.83. The zero-order chi connectivity index (χ0) is 14.4. The monoisotopic (exact) mass is 272 g/mol. The molecule has 0 spiro atoms. The molecule has 0 atom stereocenters. The minimum atomic E-state index is -0.453. The molecule has 0 saturated carbocycles. The van der Waals surface area contributed by atoms with Crippen LogP contribution >= 0.6 is 0 Å². The molecule has 0 bridgehead atoms. The summed E-state index contributed by atoms with van der Waals surface area (Å²) in [5.41, 5.74) is 5.36. The van der Waals surface area contributed by atoms with Crippen molar-refractivity contribution < 1.29 is 14.6 Å². The first-order chi connectivity index (χ1) is 8.96. The van der Waals surface area contributed by atoms with E-state index in [-0.39, 0.29) is 17.9 Å². The van der Waals surface area contributed by atoms with Gasteiger partial charge in [0.05, 0.1) is 5.41 Å². The molecule has 4 N–H and O–H groups in total. The number of aliphatic hydroxyl groups excluding tert-OH is 1. The average molecular weight is 272 g/mol. The third kappa shape index (κ3) is 4.75. The molecule has 1 fully saturated rings. The van der Waals surface area contributed by atoms with Crippen molar-refractivity contribution in [2.75, 3.05) is 32.9 Å². The Morgan fingerprint density at radius 3 is 2.58 bits per heavy atom. The van der Waals surface area contributed by atoms with Crippen molar-refractivity contribution in [1.29, 1.82) is 0 Å². The van der Waals surface area contributed by atoms with E-state index in [1.807, 2.05) is 0 Å². The number of hydrogen-bond acceptors (Lipinski definition) is 4. The predicted octanol–water partition coefficient (Wildman–Crippen LogP) is 0.657. The Hall–Kier alpha value is -0.650. The van der Waals surface area contributed by atoms with E-state index in [0.29, 0.717) is 39.1 Å². The molecule has 0 unspecified atom stereocenters. The van der Waals surface area contributed by atoms with Gasteiger partial charge < -0.3 is 20.9 Å². The van der Waals surface area contributed by atoms with Crippen molar-refractivity contribution in [1.82, 2.24) is 5.32 Å². The van der Waals surface area contributed by atoms with Crippen LogP contribution in [0.25, 0.3) is 0 Å². The van der Waals surface area contributed by atoms with Gasteiger partial charge in [-0.3, -0.25) is 4.79 Å². The zero-order valence-corrected chi connectivity index (χ0v) is 12.2. The second-order valence-corrected chi connectivity index (χ2v) is 6.27. The van der Waals surface area contributed by atoms with Gasteiger partial charge in [0.15, 0.2) is 0 Å². The van der Waals surface area contributed by atoms with Gasteiger partial charge in [-0.1, -0.05) is 13.8 Å². The molecule has 0 aromatic rings. The van der Waals surface area contributed by atoms with Crippen molar-refractivity contribution >= 4 is 5.91 Å². The van der Waals surface area contributed by atoms with Gasteiger partial charge in [0.2, 0.25) is 5.91 Å². The topological polar surface area (TPSA) is 84.6 Å². The summed E-state index contributed by atoms with van der Waals surface area (Å²) in [6, 6.07) is 0. The highest BCUT2D eigenvalue weighted by Gasteiger charge is 2.39. The molecule has 0 aromatic heterocycles. The van der Waals surface area contributed by atoms with Gasteiger partial charge in [0.25, 0.3) is 0 Å². The Kier molecular flexibility index (Phi) is 6.23. The molecule has 1 saturated heterocycles. The van der Waals surface area contributed by atoms with Crippen LogP contribution in [0.3, 0.4) is 0 Å². The molecular formula is C14H28N2O3. The molecule has 0 aromatic carbocycles. The number of nitrogens with one attached hydrogen (secondary N) is 1. The molecule has 5 nitrogen and oxygen atoms in total. The molecular weight excluding hydrogens is 244 g/mol. The van der Waals surface area contributed by atoms with E-state index in [1.54, 1.807) is 0 Å². The Morgan fingerprint density at radius 1 is 1.42 bits per heavy atom. The summed E-state index contributed by atoms with van der Waals surface area (Å²) in [6.07, 6.45) is 3.06. The van der Waals surface area contributed by atoms with E-state index in [2.05, 4.69) is 19.2 Å². The second-order valence-electron chi connectivity index (χ2n) is 6.27. The highest BCUT2D eigenvalue weighted by Crippen LogP contribution is 2.30. The zero-order valence-electron chi connectivity index (χ0n) is 12.2. The van der Waals surface area contributed by atoms with Crippen molar-refractivity contribution in [2.24, 2.45) is 16.6 Å². The molecule has 1 amide bonds. The third-order valence-corrected chi connectivity index (χ3v) is 4.06. The molecule has 19 heavy (non-hydrogen) atoms. The first kappa shape index (κ1) is 16.4. The molecule has 5 heteroatoms. The highest BCUT2D eigenvalue weighted by atomic mass is 16.5. The van der Waals surface area contributed by atoms with Crippen LogP contribution < -0.4 is 11.1 Å². The molecule has 1 aliphatic heterocycles. The predicted molar refractivity (Wildman–Crippen MR) is 74.7 cm³/mol. The first-order valence-electron chi connectivity index (χ1n) is 7.13. The Bertz CT molecular complexity index is 286. The van der Waals surface area contributed by atoms with Crippen LogP contribution in [0.1, 0.15) is 39.5 Å². The Labute approximate surface area is 115 Å². The van der Waals surface area contributed by atoms with Crippen molar-refractivity contribution in [3.05, 3.63) is 0 Å². The number of rotatable bonds is 7. The lowest BCUT2D eigenvalue weighted by Gasteiger charge is -2.36. The summed E-state index contributed by atoms with van der Waals surface area (Å²) in [4.78, 5) is 12.4. The molecule has 1 aliphatic rings. The third-order valence-electron chi connectivity index (χ3n) is 4.06. The van der Waals surface area contributed by atoms with Crippen LogP contribution in [0.5, 0.6) is 0 Å². The smallest absolute Gasteiger partial charge is 0.227 e. The van der Waals surface area contributed by atoms with Gasteiger partial charge in [-0.25, -0.2) is 0 Å². The largest absolute Gasteiger partial charge is 0.396 e. The van der Waals surface area contributed by atoms with Crippen molar-refractivity contribution in [2.45, 2.75) is 39.5 Å². The standard InChI is InChI=1S/C14H28N2O3/c1-13(2,4-3-7-17)11-16-12(18)14(10-15)5-8-19-9-6-14/h17H,3-11,15H2,1-2H3,(H,16,18). The van der Waals surface area contributed by atoms with E-state index in [9.17, 15) is 4.79 Å². The SMILES string of the molecule is CC(C)(CCCO)CNC(=O)C1(CN)CCOCC1. The van der Waals surface area contributed by atoms with E-state index < -0.39 is 5.41 Å². The summed E-state index contributed by atoms with van der Waals surface area (Å²) >= 11 is 0. The molecule has 112 valence electrons. The number of carbonyl (C=O) groups is 1. The van der Waals surface area contributed by atoms with E-state index >= 15 is 0 Å². The molecule has 0 aliphatic carbocycles. The van der Waals surface area contributed by atoms with E-state index in [1.165, 1.54) is 0 Å². The van der Waals surface area contributed by atoms with Gasteiger partial charge in [-0.15, -0.1) is 0 Å². The van der Waals surface area contributed by atoms with Crippen LogP contribution in [0.15, 0.2) is 0 Å². The number of hydrogen-bond donors (Lipinski definition) is 3. The maximum atomic E-state index is 12.4. The fraction of sp³-hybridized carbons (Fsp3) is 0.929. The summed E-state index contributed by atoms with van der Waals surface area (Å²) < 4.78 is 5.31. The second kappa shape index (κ2) is 7.22. The normalized spacial score (nSPS) is 19.2. The maximum Gasteiger partial charge on any atom is 0.227 e. The molecule has 1 heterocycles. The average Bonchev–Trinajstić information content (AvgIpc) is 2.43. The Morgan fingerprint density at radius 2 is 2.05 bits per heavy atom.